The third-order valence-corrected chi connectivity index (χ3v) is 9.56. The fraction of sp³-hybridized carbons (Fsp3) is 0.923. The van der Waals surface area contributed by atoms with E-state index < -0.39 is 13.9 Å². The van der Waals surface area contributed by atoms with Crippen molar-refractivity contribution in [2.45, 2.75) is 180 Å². The minimum Gasteiger partial charge on any atom is -0.457 e. The quantitative estimate of drug-likeness (QED) is 0.0226. The van der Waals surface area contributed by atoms with E-state index in [0.29, 0.717) is 24.1 Å². The number of nitrogens with zero attached hydrogens (tertiary/aromatic N) is 1. The number of carbonyl (C=O) groups excluding carboxylic acids is 1. The molecule has 0 aromatic heterocycles. The number of ether oxygens (including phenoxy) is 2. The summed E-state index contributed by atoms with van der Waals surface area (Å²) in [6.45, 7) is 5.62. The van der Waals surface area contributed by atoms with E-state index in [1.807, 2.05) is 21.1 Å². The van der Waals surface area contributed by atoms with Crippen molar-refractivity contribution < 1.29 is 37.3 Å². The first-order valence-corrected chi connectivity index (χ1v) is 21.4. The lowest BCUT2D eigenvalue weighted by Crippen LogP contribution is -2.37. The largest absolute Gasteiger partial charge is 0.472 e. The molecule has 48 heavy (non-hydrogen) atoms. The number of unbranched alkanes of at least 4 members (excludes halogenated alkanes) is 21. The van der Waals surface area contributed by atoms with Crippen LogP contribution in [0.1, 0.15) is 174 Å². The highest BCUT2D eigenvalue weighted by molar-refractivity contribution is 7.47. The molecule has 0 aromatic rings. The van der Waals surface area contributed by atoms with Gasteiger partial charge in [0.05, 0.1) is 34.4 Å². The number of allylic oxidation sites excluding steroid dienone is 2. The number of likely N-dealkylation sites (N-methyl/N-ethyl adjacent to an activating group) is 1. The van der Waals surface area contributed by atoms with Crippen LogP contribution in [0.4, 0.5) is 0 Å². The van der Waals surface area contributed by atoms with Gasteiger partial charge in [-0.15, -0.1) is 0 Å². The molecule has 0 rings (SSSR count). The van der Waals surface area contributed by atoms with Gasteiger partial charge in [-0.05, 0) is 38.5 Å². The summed E-state index contributed by atoms with van der Waals surface area (Å²) in [7, 11) is 1.67. The maximum absolute atomic E-state index is 12.6. The maximum Gasteiger partial charge on any atom is 0.472 e. The van der Waals surface area contributed by atoms with Crippen LogP contribution in [0.25, 0.3) is 0 Å². The number of phosphoric ester groups is 1. The predicted octanol–water partition coefficient (Wildman–Crippen LogP) is 11.1. The molecule has 8 nitrogen and oxygen atoms in total. The van der Waals surface area contributed by atoms with E-state index in [9.17, 15) is 14.3 Å². The van der Waals surface area contributed by atoms with E-state index in [4.69, 9.17) is 18.5 Å². The molecule has 0 saturated carbocycles. The number of phosphoric acid groups is 1. The van der Waals surface area contributed by atoms with E-state index in [-0.39, 0.29) is 25.8 Å². The summed E-state index contributed by atoms with van der Waals surface area (Å²) in [5.74, 6) is -0.321. The SMILES string of the molecule is CCCCCCCC/C=C\CCCCCCCC(=O)OC(COCCCCCCCCCCCCC)COP(=O)(O)OCC[N+](C)(C)C. The van der Waals surface area contributed by atoms with Gasteiger partial charge in [0.1, 0.15) is 19.3 Å². The molecule has 2 atom stereocenters. The smallest absolute Gasteiger partial charge is 0.457 e. The molecule has 0 bridgehead atoms. The van der Waals surface area contributed by atoms with Crippen molar-refractivity contribution in [3.63, 3.8) is 0 Å². The van der Waals surface area contributed by atoms with Gasteiger partial charge >= 0.3 is 13.8 Å². The van der Waals surface area contributed by atoms with Gasteiger partial charge in [-0.2, -0.15) is 0 Å². The van der Waals surface area contributed by atoms with Gasteiger partial charge in [0, 0.05) is 13.0 Å². The Bertz CT molecular complexity index is 787. The molecule has 0 radical (unpaired) electrons. The van der Waals surface area contributed by atoms with Crippen LogP contribution in [-0.2, 0) is 27.9 Å². The Morgan fingerprint density at radius 1 is 0.625 bits per heavy atom. The maximum atomic E-state index is 12.6. The summed E-state index contributed by atoms with van der Waals surface area (Å²) in [6.07, 6.45) is 33.7. The zero-order valence-electron chi connectivity index (χ0n) is 32.2. The summed E-state index contributed by atoms with van der Waals surface area (Å²) in [5, 5.41) is 0. The number of carbonyl (C=O) groups is 1. The Kier molecular flexibility index (Phi) is 32.9. The van der Waals surface area contributed by atoms with Crippen molar-refractivity contribution in [3.05, 3.63) is 12.2 Å². The number of hydrogen-bond acceptors (Lipinski definition) is 6. The second-order valence-corrected chi connectivity index (χ2v) is 16.1. The standard InChI is InChI=1S/C39H78NO7P/c1-6-8-10-12-14-16-18-19-20-21-22-24-26-28-30-32-39(41)47-38(37-46-48(42,43)45-35-33-40(3,4)5)36-44-34-31-29-27-25-23-17-15-13-11-9-7-2/h19-20,38H,6-18,21-37H2,1-5H3/p+1/b20-19-. The van der Waals surface area contributed by atoms with Crippen LogP contribution >= 0.6 is 7.82 Å². The normalized spacial score (nSPS) is 14.0. The van der Waals surface area contributed by atoms with Crippen LogP contribution in [-0.4, -0.2) is 75.6 Å². The van der Waals surface area contributed by atoms with E-state index in [0.717, 1.165) is 38.5 Å². The summed E-state index contributed by atoms with van der Waals surface area (Å²) >= 11 is 0. The van der Waals surface area contributed by atoms with E-state index in [1.54, 1.807) is 0 Å². The lowest BCUT2D eigenvalue weighted by atomic mass is 10.1. The third-order valence-electron chi connectivity index (χ3n) is 8.58. The summed E-state index contributed by atoms with van der Waals surface area (Å²) in [5.41, 5.74) is 0. The molecular weight excluding hydrogens is 625 g/mol. The van der Waals surface area contributed by atoms with Crippen molar-refractivity contribution in [3.8, 4) is 0 Å². The Hall–Kier alpha value is -0.760. The first-order valence-electron chi connectivity index (χ1n) is 19.9. The molecule has 0 spiro atoms. The van der Waals surface area contributed by atoms with Crippen LogP contribution in [0.15, 0.2) is 12.2 Å². The molecule has 0 aliphatic carbocycles. The molecule has 2 unspecified atom stereocenters. The van der Waals surface area contributed by atoms with Crippen LogP contribution in [0.5, 0.6) is 0 Å². The highest BCUT2D eigenvalue weighted by atomic mass is 31.2. The molecule has 0 fully saturated rings. The van der Waals surface area contributed by atoms with Gasteiger partial charge in [0.2, 0.25) is 0 Å². The monoisotopic (exact) mass is 705 g/mol. The molecule has 9 heteroatoms. The van der Waals surface area contributed by atoms with Crippen LogP contribution in [0.2, 0.25) is 0 Å². The van der Waals surface area contributed by atoms with Gasteiger partial charge in [-0.1, -0.05) is 142 Å². The summed E-state index contributed by atoms with van der Waals surface area (Å²) in [6, 6.07) is 0. The highest BCUT2D eigenvalue weighted by Crippen LogP contribution is 2.43. The van der Waals surface area contributed by atoms with Crippen LogP contribution < -0.4 is 0 Å². The zero-order valence-corrected chi connectivity index (χ0v) is 33.1. The molecule has 0 aromatic carbocycles. The third kappa shape index (κ3) is 36.5. The van der Waals surface area contributed by atoms with Crippen molar-refractivity contribution >= 4 is 13.8 Å². The molecule has 286 valence electrons. The fourth-order valence-electron chi connectivity index (χ4n) is 5.43. The van der Waals surface area contributed by atoms with Gasteiger partial charge in [0.15, 0.2) is 0 Å². The molecule has 0 saturated heterocycles. The first-order chi connectivity index (χ1) is 23.1. The van der Waals surface area contributed by atoms with Crippen molar-refractivity contribution in [1.29, 1.82) is 0 Å². The van der Waals surface area contributed by atoms with Crippen molar-refractivity contribution in [1.82, 2.24) is 0 Å². The number of quaternary nitrogens is 1. The Labute approximate surface area is 297 Å². The Morgan fingerprint density at radius 3 is 1.58 bits per heavy atom. The minimum atomic E-state index is -4.26. The molecule has 0 amide bonds. The second-order valence-electron chi connectivity index (χ2n) is 14.7. The fourth-order valence-corrected chi connectivity index (χ4v) is 6.17. The summed E-state index contributed by atoms with van der Waals surface area (Å²) < 4.78 is 34.8. The number of hydrogen-bond donors (Lipinski definition) is 1. The lowest BCUT2D eigenvalue weighted by molar-refractivity contribution is -0.870. The topological polar surface area (TPSA) is 91.3 Å². The molecule has 0 aliphatic heterocycles. The minimum absolute atomic E-state index is 0.0899. The summed E-state index contributed by atoms with van der Waals surface area (Å²) in [4.78, 5) is 22.8. The van der Waals surface area contributed by atoms with E-state index in [2.05, 4.69) is 26.0 Å². The van der Waals surface area contributed by atoms with Crippen LogP contribution in [0, 0.1) is 0 Å². The van der Waals surface area contributed by atoms with Crippen LogP contribution in [0.3, 0.4) is 0 Å². The number of rotatable bonds is 37. The van der Waals surface area contributed by atoms with E-state index >= 15 is 0 Å². The molecule has 0 aliphatic rings. The van der Waals surface area contributed by atoms with Crippen molar-refractivity contribution in [2.75, 3.05) is 54.1 Å². The zero-order chi connectivity index (χ0) is 35.6. The van der Waals surface area contributed by atoms with Gasteiger partial charge < -0.3 is 18.9 Å². The van der Waals surface area contributed by atoms with Gasteiger partial charge in [-0.25, -0.2) is 4.57 Å². The lowest BCUT2D eigenvalue weighted by Gasteiger charge is -2.24. The van der Waals surface area contributed by atoms with E-state index in [1.165, 1.54) is 116 Å². The second kappa shape index (κ2) is 33.4. The van der Waals surface area contributed by atoms with Gasteiger partial charge in [0.25, 0.3) is 0 Å². The average molecular weight is 705 g/mol. The molecule has 1 N–H and O–H groups in total. The van der Waals surface area contributed by atoms with Crippen molar-refractivity contribution in [2.24, 2.45) is 0 Å². The number of esters is 1. The average Bonchev–Trinajstić information content (AvgIpc) is 3.03. The Balaban J connectivity index is 4.28. The first kappa shape index (κ1) is 47.2. The molecular formula is C39H79NO7P+. The van der Waals surface area contributed by atoms with Gasteiger partial charge in [-0.3, -0.25) is 13.8 Å². The highest BCUT2D eigenvalue weighted by Gasteiger charge is 2.26. The molecule has 0 heterocycles. The Morgan fingerprint density at radius 2 is 1.08 bits per heavy atom. The predicted molar refractivity (Wildman–Crippen MR) is 201 cm³/mol.